The van der Waals surface area contributed by atoms with E-state index in [1.54, 1.807) is 41.2 Å². The third-order valence-corrected chi connectivity index (χ3v) is 8.48. The number of likely N-dealkylation sites (N-methyl/N-ethyl adjacent to an activating group) is 1. The molecule has 0 radical (unpaired) electrons. The molecule has 1 aromatic heterocycles. The number of amides is 3. The van der Waals surface area contributed by atoms with Crippen molar-refractivity contribution in [3.8, 4) is 0 Å². The molecule has 0 aliphatic carbocycles. The highest BCUT2D eigenvalue weighted by Gasteiger charge is 2.29. The molecule has 226 valence electrons. The normalized spacial score (nSPS) is 18.9. The SMILES string of the molecule is Cc1cc2ccc1C(C)COC(=O)Nc1ccc(C(=O)N3CCC3)c(c1)CN(C)C(=O)C2Nc1ccc2c(N)nccc2c1. The van der Waals surface area contributed by atoms with Crippen LogP contribution in [0.3, 0.4) is 0 Å². The largest absolute Gasteiger partial charge is 0.449 e. The van der Waals surface area contributed by atoms with E-state index in [1.165, 1.54) is 0 Å². The molecule has 7 rings (SSSR count). The van der Waals surface area contributed by atoms with Gasteiger partial charge in [-0.1, -0.05) is 25.1 Å². The Bertz CT molecular complexity index is 1770. The topological polar surface area (TPSA) is 130 Å². The average Bonchev–Trinajstić information content (AvgIpc) is 2.97. The number of hydrogen-bond acceptors (Lipinski definition) is 7. The van der Waals surface area contributed by atoms with Crippen LogP contribution in [0.15, 0.2) is 66.9 Å². The van der Waals surface area contributed by atoms with Crippen LogP contribution in [0.1, 0.15) is 57.9 Å². The second kappa shape index (κ2) is 11.9. The van der Waals surface area contributed by atoms with Crippen LogP contribution in [0.4, 0.5) is 22.0 Å². The van der Waals surface area contributed by atoms with Crippen molar-refractivity contribution in [3.63, 3.8) is 0 Å². The minimum absolute atomic E-state index is 0.0702. The van der Waals surface area contributed by atoms with Crippen LogP contribution in [0, 0.1) is 6.92 Å². The molecule has 10 heteroatoms. The Morgan fingerprint density at radius 1 is 1.07 bits per heavy atom. The Morgan fingerprint density at radius 3 is 2.64 bits per heavy atom. The molecule has 4 heterocycles. The average molecular weight is 593 g/mol. The third kappa shape index (κ3) is 5.75. The van der Waals surface area contributed by atoms with Gasteiger partial charge in [0.15, 0.2) is 0 Å². The zero-order chi connectivity index (χ0) is 31.0. The number of anilines is 3. The minimum atomic E-state index is -0.721. The second-order valence-electron chi connectivity index (χ2n) is 11.7. The summed E-state index contributed by atoms with van der Waals surface area (Å²) in [5, 5.41) is 8.00. The third-order valence-electron chi connectivity index (χ3n) is 8.48. The number of ether oxygens (including phenoxy) is 1. The molecule has 4 bridgehead atoms. The Morgan fingerprint density at radius 2 is 1.89 bits per heavy atom. The monoisotopic (exact) mass is 592 g/mol. The number of aromatic nitrogens is 1. The van der Waals surface area contributed by atoms with Crippen molar-refractivity contribution < 1.29 is 19.1 Å². The number of fused-ring (bicyclic) bond motifs is 10. The quantitative estimate of drug-likeness (QED) is 0.289. The predicted octanol–water partition coefficient (Wildman–Crippen LogP) is 5.45. The molecule has 0 spiro atoms. The molecule has 1 saturated heterocycles. The van der Waals surface area contributed by atoms with E-state index >= 15 is 0 Å². The number of nitrogens with two attached hydrogens (primary N) is 1. The van der Waals surface area contributed by atoms with E-state index in [0.717, 1.165) is 39.6 Å². The number of pyridine rings is 1. The number of rotatable bonds is 3. The Labute approximate surface area is 256 Å². The van der Waals surface area contributed by atoms with E-state index in [4.69, 9.17) is 10.5 Å². The maximum absolute atomic E-state index is 14.3. The molecule has 1 fully saturated rings. The number of hydrogen-bond donors (Lipinski definition) is 3. The Kier molecular flexibility index (Phi) is 7.82. The van der Waals surface area contributed by atoms with Gasteiger partial charge in [-0.2, -0.15) is 0 Å². The molecule has 3 aromatic carbocycles. The van der Waals surface area contributed by atoms with Gasteiger partial charge in [-0.3, -0.25) is 14.9 Å². The maximum Gasteiger partial charge on any atom is 0.411 e. The first-order valence-corrected chi connectivity index (χ1v) is 14.8. The summed E-state index contributed by atoms with van der Waals surface area (Å²) in [7, 11) is 1.72. The summed E-state index contributed by atoms with van der Waals surface area (Å²) >= 11 is 0. The lowest BCUT2D eigenvalue weighted by Crippen LogP contribution is -2.42. The first kappa shape index (κ1) is 29.0. The van der Waals surface area contributed by atoms with Crippen LogP contribution >= 0.6 is 0 Å². The van der Waals surface area contributed by atoms with Crippen LogP contribution in [-0.4, -0.2) is 59.4 Å². The molecule has 2 unspecified atom stereocenters. The number of nitrogen functional groups attached to an aromatic ring is 1. The first-order valence-electron chi connectivity index (χ1n) is 14.8. The van der Waals surface area contributed by atoms with Crippen LogP contribution in [0.25, 0.3) is 10.8 Å². The van der Waals surface area contributed by atoms with Gasteiger partial charge in [0.25, 0.3) is 5.91 Å². The number of carbonyl (C=O) groups excluding carboxylic acids is 3. The van der Waals surface area contributed by atoms with E-state index in [1.807, 2.05) is 56.3 Å². The van der Waals surface area contributed by atoms with Crippen molar-refractivity contribution in [2.24, 2.45) is 0 Å². The summed E-state index contributed by atoms with van der Waals surface area (Å²) in [5.74, 6) is 0.113. The van der Waals surface area contributed by atoms with Gasteiger partial charge < -0.3 is 25.6 Å². The summed E-state index contributed by atoms with van der Waals surface area (Å²) in [6, 6.07) is 18.0. The zero-order valence-electron chi connectivity index (χ0n) is 25.1. The summed E-state index contributed by atoms with van der Waals surface area (Å²) in [5.41, 5.74) is 11.3. The standard InChI is InChI=1S/C34H36N6O4/c1-20-15-23-5-8-27(20)21(2)19-44-34(43)38-26-7-10-29(32(41)40-13-4-14-40)24(17-26)18-39(3)33(42)30(23)37-25-6-9-28-22(16-25)11-12-36-31(28)35/h5-12,15-17,21,30,37H,4,13-14,18-19H2,1-3H3,(H2,35,36)(H,38,43). The number of nitrogens with zero attached hydrogens (tertiary/aromatic N) is 3. The lowest BCUT2D eigenvalue weighted by molar-refractivity contribution is -0.131. The molecule has 2 atom stereocenters. The summed E-state index contributed by atoms with van der Waals surface area (Å²) in [6.45, 7) is 5.73. The lowest BCUT2D eigenvalue weighted by atomic mass is 9.92. The fourth-order valence-electron chi connectivity index (χ4n) is 5.88. The van der Waals surface area contributed by atoms with E-state index < -0.39 is 12.1 Å². The van der Waals surface area contributed by atoms with E-state index in [2.05, 4.69) is 15.6 Å². The van der Waals surface area contributed by atoms with E-state index in [0.29, 0.717) is 35.7 Å². The molecular formula is C34H36N6O4. The van der Waals surface area contributed by atoms with Crippen LogP contribution in [0.5, 0.6) is 0 Å². The summed E-state index contributed by atoms with van der Waals surface area (Å²) in [6.07, 6.45) is 2.05. The molecule has 3 aliphatic rings. The molecular weight excluding hydrogens is 556 g/mol. The van der Waals surface area contributed by atoms with Gasteiger partial charge >= 0.3 is 6.09 Å². The molecule has 0 saturated carbocycles. The summed E-state index contributed by atoms with van der Waals surface area (Å²) in [4.78, 5) is 47.9. The van der Waals surface area contributed by atoms with E-state index in [-0.39, 0.29) is 30.9 Å². The highest BCUT2D eigenvalue weighted by atomic mass is 16.5. The molecule has 4 N–H and O–H groups in total. The van der Waals surface area contributed by atoms with Crippen LogP contribution in [-0.2, 0) is 16.1 Å². The van der Waals surface area contributed by atoms with Crippen LogP contribution in [0.2, 0.25) is 0 Å². The Hall–Kier alpha value is -5.12. The molecule has 10 nitrogen and oxygen atoms in total. The number of nitrogens with one attached hydrogen (secondary N) is 2. The van der Waals surface area contributed by atoms with Gasteiger partial charge in [0.2, 0.25) is 5.91 Å². The molecule has 3 amide bonds. The molecule has 3 aliphatic heterocycles. The van der Waals surface area contributed by atoms with Crippen molar-refractivity contribution in [1.82, 2.24) is 14.8 Å². The van der Waals surface area contributed by atoms with Gasteiger partial charge in [0, 0.05) is 61.1 Å². The van der Waals surface area contributed by atoms with Crippen molar-refractivity contribution in [1.29, 1.82) is 0 Å². The predicted molar refractivity (Wildman–Crippen MR) is 171 cm³/mol. The smallest absolute Gasteiger partial charge is 0.411 e. The lowest BCUT2D eigenvalue weighted by Gasteiger charge is -2.32. The van der Waals surface area contributed by atoms with Gasteiger partial charge in [-0.05, 0) is 83.4 Å². The van der Waals surface area contributed by atoms with Crippen molar-refractivity contribution in [2.45, 2.75) is 38.8 Å². The number of benzene rings is 3. The Balaban J connectivity index is 1.41. The number of carbonyl (C=O) groups is 3. The fraction of sp³-hybridized carbons (Fsp3) is 0.294. The zero-order valence-corrected chi connectivity index (χ0v) is 25.1. The van der Waals surface area contributed by atoms with Crippen LogP contribution < -0.4 is 16.4 Å². The van der Waals surface area contributed by atoms with Gasteiger partial charge in [-0.15, -0.1) is 0 Å². The van der Waals surface area contributed by atoms with Gasteiger partial charge in [0.1, 0.15) is 11.9 Å². The number of likely N-dealkylation sites (tertiary alicyclic amines) is 1. The van der Waals surface area contributed by atoms with Crippen molar-refractivity contribution in [2.75, 3.05) is 43.1 Å². The highest BCUT2D eigenvalue weighted by molar-refractivity contribution is 5.98. The van der Waals surface area contributed by atoms with Crippen molar-refractivity contribution >= 4 is 45.9 Å². The van der Waals surface area contributed by atoms with Gasteiger partial charge in [0.05, 0.1) is 6.61 Å². The van der Waals surface area contributed by atoms with E-state index in [9.17, 15) is 14.4 Å². The molecule has 44 heavy (non-hydrogen) atoms. The second-order valence-corrected chi connectivity index (χ2v) is 11.7. The maximum atomic E-state index is 14.3. The highest BCUT2D eigenvalue weighted by Crippen LogP contribution is 2.31. The fourth-order valence-corrected chi connectivity index (χ4v) is 5.88. The number of aryl methyl sites for hydroxylation is 1. The summed E-state index contributed by atoms with van der Waals surface area (Å²) < 4.78 is 5.57. The van der Waals surface area contributed by atoms with Gasteiger partial charge in [-0.25, -0.2) is 9.78 Å². The first-order chi connectivity index (χ1) is 21.2. The minimum Gasteiger partial charge on any atom is -0.449 e. The van der Waals surface area contributed by atoms with Crippen molar-refractivity contribution in [3.05, 3.63) is 94.7 Å². The molecule has 4 aromatic rings.